The molecule has 1 fully saturated rings. The molecule has 1 saturated carbocycles. The van der Waals surface area contributed by atoms with Gasteiger partial charge in [-0.3, -0.25) is 0 Å². The van der Waals surface area contributed by atoms with Gasteiger partial charge in [-0.15, -0.1) is 0 Å². The summed E-state index contributed by atoms with van der Waals surface area (Å²) in [5, 5.41) is 3.51. The van der Waals surface area contributed by atoms with E-state index < -0.39 is 0 Å². The third-order valence-corrected chi connectivity index (χ3v) is 2.97. The maximum absolute atomic E-state index is 5.33. The van der Waals surface area contributed by atoms with Gasteiger partial charge in [0.25, 0.3) is 0 Å². The molecule has 1 aromatic carbocycles. The van der Waals surface area contributed by atoms with Gasteiger partial charge in [-0.05, 0) is 36.1 Å². The molecule has 18 heavy (non-hydrogen) atoms. The smallest absolute Gasteiger partial charge is 0.119 e. The standard InChI is InChI=1S/C15H21NO2/c1-17-7-3-4-12-8-13(10-15(9-12)18-2)11-16-14-5-6-14/h3-4,8-10,14,16H,5-7,11H2,1-2H3. The number of methoxy groups -OCH3 is 2. The Hall–Kier alpha value is -1.32. The molecule has 0 bridgehead atoms. The number of ether oxygens (including phenoxy) is 2. The van der Waals surface area contributed by atoms with Crippen molar-refractivity contribution in [3.05, 3.63) is 35.4 Å². The topological polar surface area (TPSA) is 30.5 Å². The van der Waals surface area contributed by atoms with E-state index in [9.17, 15) is 0 Å². The number of benzene rings is 1. The van der Waals surface area contributed by atoms with Gasteiger partial charge < -0.3 is 14.8 Å². The molecule has 0 amide bonds. The normalized spacial score (nSPS) is 15.2. The highest BCUT2D eigenvalue weighted by molar-refractivity contribution is 5.53. The van der Waals surface area contributed by atoms with Crippen LogP contribution in [0.1, 0.15) is 24.0 Å². The Bertz CT molecular complexity index is 411. The lowest BCUT2D eigenvalue weighted by Crippen LogP contribution is -2.15. The van der Waals surface area contributed by atoms with Crippen LogP contribution in [0.4, 0.5) is 0 Å². The molecule has 1 N–H and O–H groups in total. The van der Waals surface area contributed by atoms with Crippen LogP contribution in [0.15, 0.2) is 24.3 Å². The highest BCUT2D eigenvalue weighted by Gasteiger charge is 2.19. The van der Waals surface area contributed by atoms with E-state index in [-0.39, 0.29) is 0 Å². The fourth-order valence-corrected chi connectivity index (χ4v) is 1.83. The Labute approximate surface area is 109 Å². The van der Waals surface area contributed by atoms with Crippen LogP contribution in [0.5, 0.6) is 5.75 Å². The fourth-order valence-electron chi connectivity index (χ4n) is 1.83. The van der Waals surface area contributed by atoms with Gasteiger partial charge in [-0.1, -0.05) is 18.2 Å². The van der Waals surface area contributed by atoms with Crippen molar-refractivity contribution in [3.63, 3.8) is 0 Å². The number of nitrogens with one attached hydrogen (secondary N) is 1. The molecule has 0 radical (unpaired) electrons. The third-order valence-electron chi connectivity index (χ3n) is 2.97. The van der Waals surface area contributed by atoms with Crippen molar-refractivity contribution in [1.29, 1.82) is 0 Å². The first-order valence-corrected chi connectivity index (χ1v) is 6.38. The molecular formula is C15H21NO2. The molecule has 0 saturated heterocycles. The summed E-state index contributed by atoms with van der Waals surface area (Å²) in [7, 11) is 3.40. The van der Waals surface area contributed by atoms with Gasteiger partial charge in [0.1, 0.15) is 5.75 Å². The lowest BCUT2D eigenvalue weighted by atomic mass is 10.1. The first kappa shape index (κ1) is 13.1. The summed E-state index contributed by atoms with van der Waals surface area (Å²) in [6.45, 7) is 1.54. The fraction of sp³-hybridized carbons (Fsp3) is 0.467. The second-order valence-corrected chi connectivity index (χ2v) is 4.63. The maximum Gasteiger partial charge on any atom is 0.119 e. The van der Waals surface area contributed by atoms with E-state index >= 15 is 0 Å². The van der Waals surface area contributed by atoms with E-state index in [0.717, 1.165) is 23.9 Å². The van der Waals surface area contributed by atoms with Crippen LogP contribution < -0.4 is 10.1 Å². The van der Waals surface area contributed by atoms with Crippen LogP contribution in [0.3, 0.4) is 0 Å². The molecule has 98 valence electrons. The summed E-state index contributed by atoms with van der Waals surface area (Å²) >= 11 is 0. The molecule has 1 aliphatic rings. The summed E-state index contributed by atoms with van der Waals surface area (Å²) < 4.78 is 10.3. The minimum absolute atomic E-state index is 0.632. The van der Waals surface area contributed by atoms with Gasteiger partial charge in [-0.2, -0.15) is 0 Å². The minimum Gasteiger partial charge on any atom is -0.497 e. The number of hydrogen-bond donors (Lipinski definition) is 1. The van der Waals surface area contributed by atoms with Crippen molar-refractivity contribution in [2.45, 2.75) is 25.4 Å². The maximum atomic E-state index is 5.33. The van der Waals surface area contributed by atoms with Crippen LogP contribution in [0, 0.1) is 0 Å². The van der Waals surface area contributed by atoms with Gasteiger partial charge in [0.05, 0.1) is 13.7 Å². The van der Waals surface area contributed by atoms with Gasteiger partial charge in [0, 0.05) is 19.7 Å². The number of hydrogen-bond acceptors (Lipinski definition) is 3. The second kappa shape index (κ2) is 6.57. The van der Waals surface area contributed by atoms with Gasteiger partial charge in [0.2, 0.25) is 0 Å². The van der Waals surface area contributed by atoms with E-state index in [4.69, 9.17) is 9.47 Å². The zero-order chi connectivity index (χ0) is 12.8. The second-order valence-electron chi connectivity index (χ2n) is 4.63. The molecule has 0 atom stereocenters. The zero-order valence-electron chi connectivity index (χ0n) is 11.1. The molecule has 3 nitrogen and oxygen atoms in total. The Morgan fingerprint density at radius 2 is 2.11 bits per heavy atom. The average molecular weight is 247 g/mol. The van der Waals surface area contributed by atoms with E-state index in [0.29, 0.717) is 6.61 Å². The largest absolute Gasteiger partial charge is 0.497 e. The summed E-state index contributed by atoms with van der Waals surface area (Å²) in [4.78, 5) is 0. The molecule has 0 aromatic heterocycles. The first-order chi connectivity index (χ1) is 8.81. The Kier molecular flexibility index (Phi) is 4.79. The van der Waals surface area contributed by atoms with Crippen LogP contribution in [-0.2, 0) is 11.3 Å². The van der Waals surface area contributed by atoms with E-state index in [1.54, 1.807) is 14.2 Å². The summed E-state index contributed by atoms with van der Waals surface area (Å²) in [5.74, 6) is 0.905. The number of rotatable bonds is 7. The highest BCUT2D eigenvalue weighted by Crippen LogP contribution is 2.22. The summed E-state index contributed by atoms with van der Waals surface area (Å²) in [5.41, 5.74) is 2.41. The molecule has 1 aromatic rings. The van der Waals surface area contributed by atoms with E-state index in [1.165, 1.54) is 18.4 Å². The van der Waals surface area contributed by atoms with Crippen molar-refractivity contribution in [3.8, 4) is 5.75 Å². The molecule has 0 unspecified atom stereocenters. The summed E-state index contributed by atoms with van der Waals surface area (Å²) in [6, 6.07) is 7.03. The van der Waals surface area contributed by atoms with Gasteiger partial charge >= 0.3 is 0 Å². The van der Waals surface area contributed by atoms with Crippen LogP contribution in [0.25, 0.3) is 6.08 Å². The molecule has 0 aliphatic heterocycles. The molecule has 0 heterocycles. The van der Waals surface area contributed by atoms with Crippen LogP contribution >= 0.6 is 0 Å². The van der Waals surface area contributed by atoms with Crippen molar-refractivity contribution in [2.75, 3.05) is 20.8 Å². The third kappa shape index (κ3) is 4.17. The van der Waals surface area contributed by atoms with Gasteiger partial charge in [0.15, 0.2) is 0 Å². The van der Waals surface area contributed by atoms with Crippen molar-refractivity contribution in [1.82, 2.24) is 5.32 Å². The average Bonchev–Trinajstić information content (AvgIpc) is 3.20. The predicted molar refractivity (Wildman–Crippen MR) is 73.8 cm³/mol. The quantitative estimate of drug-likeness (QED) is 0.803. The molecule has 2 rings (SSSR count). The summed E-state index contributed by atoms with van der Waals surface area (Å²) in [6.07, 6.45) is 6.69. The molecule has 0 spiro atoms. The van der Waals surface area contributed by atoms with Crippen LogP contribution in [-0.4, -0.2) is 26.9 Å². The molecular weight excluding hydrogens is 226 g/mol. The molecule has 3 heteroatoms. The highest BCUT2D eigenvalue weighted by atomic mass is 16.5. The zero-order valence-corrected chi connectivity index (χ0v) is 11.1. The Balaban J connectivity index is 2.04. The van der Waals surface area contributed by atoms with Crippen molar-refractivity contribution < 1.29 is 9.47 Å². The lowest BCUT2D eigenvalue weighted by Gasteiger charge is -2.08. The monoisotopic (exact) mass is 247 g/mol. The van der Waals surface area contributed by atoms with E-state index in [1.807, 2.05) is 12.1 Å². The lowest BCUT2D eigenvalue weighted by molar-refractivity contribution is 0.234. The predicted octanol–water partition coefficient (Wildman–Crippen LogP) is 2.61. The molecule has 1 aliphatic carbocycles. The SMILES string of the molecule is COCC=Cc1cc(CNC2CC2)cc(OC)c1. The minimum atomic E-state index is 0.632. The Morgan fingerprint density at radius 1 is 1.28 bits per heavy atom. The van der Waals surface area contributed by atoms with Gasteiger partial charge in [-0.25, -0.2) is 0 Å². The van der Waals surface area contributed by atoms with Crippen LogP contribution in [0.2, 0.25) is 0 Å². The Morgan fingerprint density at radius 3 is 2.78 bits per heavy atom. The van der Waals surface area contributed by atoms with E-state index in [2.05, 4.69) is 23.5 Å². The van der Waals surface area contributed by atoms with Crippen molar-refractivity contribution in [2.24, 2.45) is 0 Å². The van der Waals surface area contributed by atoms with Crippen molar-refractivity contribution >= 4 is 6.08 Å². The first-order valence-electron chi connectivity index (χ1n) is 6.38.